The number of nitrogens with zero attached hydrogens (tertiary/aromatic N) is 1. The molecule has 2 heterocycles. The molecule has 1 aromatic heterocycles. The van der Waals surface area contributed by atoms with Gasteiger partial charge in [-0.2, -0.15) is 0 Å². The molecule has 0 amide bonds. The minimum absolute atomic E-state index is 0.255. The lowest BCUT2D eigenvalue weighted by Crippen LogP contribution is -2.25. The molecule has 0 bridgehead atoms. The van der Waals surface area contributed by atoms with Crippen LogP contribution >= 0.6 is 0 Å². The fourth-order valence-corrected chi connectivity index (χ4v) is 2.40. The lowest BCUT2D eigenvalue weighted by Gasteiger charge is -2.13. The van der Waals surface area contributed by atoms with Crippen LogP contribution in [0.15, 0.2) is 29.1 Å². The number of aromatic nitrogens is 2. The average Bonchev–Trinajstić information content (AvgIpc) is 2.88. The highest BCUT2D eigenvalue weighted by Gasteiger charge is 2.35. The summed E-state index contributed by atoms with van der Waals surface area (Å²) in [5, 5.41) is 18.8. The van der Waals surface area contributed by atoms with Crippen molar-refractivity contribution in [2.45, 2.75) is 24.9 Å². The Morgan fingerprint density at radius 2 is 2.22 bits per heavy atom. The number of aromatic amines is 1. The van der Waals surface area contributed by atoms with Gasteiger partial charge in [0, 0.05) is 6.42 Å². The number of hydrogen-bond donors (Lipinski definition) is 3. The van der Waals surface area contributed by atoms with Gasteiger partial charge in [0.15, 0.2) is 0 Å². The van der Waals surface area contributed by atoms with Gasteiger partial charge in [-0.1, -0.05) is 12.1 Å². The number of benzene rings is 1. The van der Waals surface area contributed by atoms with E-state index in [9.17, 15) is 9.90 Å². The summed E-state index contributed by atoms with van der Waals surface area (Å²) in [5.41, 5.74) is 1.19. The number of rotatable bonds is 2. The summed E-state index contributed by atoms with van der Waals surface area (Å²) in [6.45, 7) is -0.255. The van der Waals surface area contributed by atoms with Crippen LogP contribution in [0.2, 0.25) is 0 Å². The zero-order chi connectivity index (χ0) is 12.7. The Hall–Kier alpha value is -1.63. The van der Waals surface area contributed by atoms with E-state index >= 15 is 0 Å². The van der Waals surface area contributed by atoms with Crippen molar-refractivity contribution in [1.82, 2.24) is 9.55 Å². The molecule has 96 valence electrons. The Kier molecular flexibility index (Phi) is 2.70. The molecule has 0 aliphatic carbocycles. The highest BCUT2D eigenvalue weighted by Crippen LogP contribution is 2.29. The highest BCUT2D eigenvalue weighted by molar-refractivity contribution is 5.75. The monoisotopic (exact) mass is 250 g/mol. The Balaban J connectivity index is 2.05. The molecule has 3 rings (SSSR count). The summed E-state index contributed by atoms with van der Waals surface area (Å²) in [6.07, 6.45) is -1.62. The van der Waals surface area contributed by atoms with E-state index in [4.69, 9.17) is 9.84 Å². The molecular weight excluding hydrogens is 236 g/mol. The molecule has 0 saturated carbocycles. The summed E-state index contributed by atoms with van der Waals surface area (Å²) < 4.78 is 6.98. The van der Waals surface area contributed by atoms with Crippen LogP contribution in [0, 0.1) is 0 Å². The first kappa shape index (κ1) is 11.5. The van der Waals surface area contributed by atoms with E-state index < -0.39 is 18.4 Å². The van der Waals surface area contributed by atoms with Crippen molar-refractivity contribution < 1.29 is 14.9 Å². The van der Waals surface area contributed by atoms with Gasteiger partial charge in [0.05, 0.1) is 23.7 Å². The maximum atomic E-state index is 11.9. The van der Waals surface area contributed by atoms with E-state index in [2.05, 4.69) is 4.98 Å². The lowest BCUT2D eigenvalue weighted by atomic mass is 10.2. The molecule has 0 radical (unpaired) electrons. The number of para-hydroxylation sites is 2. The fourth-order valence-electron chi connectivity index (χ4n) is 2.40. The smallest absolute Gasteiger partial charge is 0.328 e. The maximum absolute atomic E-state index is 11.9. The second-order valence-electron chi connectivity index (χ2n) is 4.43. The lowest BCUT2D eigenvalue weighted by molar-refractivity contribution is -0.0440. The van der Waals surface area contributed by atoms with Gasteiger partial charge in [-0.3, -0.25) is 4.57 Å². The first-order valence-corrected chi connectivity index (χ1v) is 5.84. The van der Waals surface area contributed by atoms with Gasteiger partial charge in [-0.15, -0.1) is 0 Å². The van der Waals surface area contributed by atoms with Crippen LogP contribution in [-0.4, -0.2) is 38.6 Å². The predicted octanol–water partition coefficient (Wildman–Crippen LogP) is -0.0297. The van der Waals surface area contributed by atoms with Crippen molar-refractivity contribution in [1.29, 1.82) is 0 Å². The number of ether oxygens (including phenoxy) is 1. The molecule has 2 aromatic rings. The molecule has 0 spiro atoms. The van der Waals surface area contributed by atoms with Crippen molar-refractivity contribution in [3.05, 3.63) is 34.7 Å². The van der Waals surface area contributed by atoms with Gasteiger partial charge in [0.25, 0.3) is 0 Å². The van der Waals surface area contributed by atoms with Crippen LogP contribution in [0.1, 0.15) is 12.6 Å². The number of imidazole rings is 1. The van der Waals surface area contributed by atoms with Gasteiger partial charge in [0.2, 0.25) is 0 Å². The number of aliphatic hydroxyl groups excluding tert-OH is 2. The van der Waals surface area contributed by atoms with Crippen LogP contribution in [0.5, 0.6) is 0 Å². The summed E-state index contributed by atoms with van der Waals surface area (Å²) in [4.78, 5) is 14.6. The van der Waals surface area contributed by atoms with Crippen LogP contribution in [0.3, 0.4) is 0 Å². The first-order valence-electron chi connectivity index (χ1n) is 5.84. The first-order chi connectivity index (χ1) is 8.70. The minimum Gasteiger partial charge on any atom is -0.394 e. The standard InChI is InChI=1S/C12H14N2O4/c15-6-10-9(16)5-11(18-10)14-8-4-2-1-3-7(8)13-12(14)17/h1-4,9-11,15-16H,5-6H2,(H,13,17)/t9-,10?,11-/m1/s1. The van der Waals surface area contributed by atoms with Gasteiger partial charge < -0.3 is 19.9 Å². The normalized spacial score (nSPS) is 28.0. The quantitative estimate of drug-likeness (QED) is 0.698. The molecule has 1 aliphatic heterocycles. The van der Waals surface area contributed by atoms with Crippen LogP contribution < -0.4 is 5.69 Å². The third kappa shape index (κ3) is 1.66. The largest absolute Gasteiger partial charge is 0.394 e. The second kappa shape index (κ2) is 4.24. The molecular formula is C12H14N2O4. The number of H-pyrrole nitrogens is 1. The van der Waals surface area contributed by atoms with E-state index in [0.717, 1.165) is 11.0 Å². The maximum Gasteiger partial charge on any atom is 0.328 e. The Bertz CT molecular complexity index is 618. The van der Waals surface area contributed by atoms with E-state index in [1.165, 1.54) is 4.57 Å². The summed E-state index contributed by atoms with van der Waals surface area (Å²) in [6, 6.07) is 7.29. The van der Waals surface area contributed by atoms with Crippen LogP contribution in [0.4, 0.5) is 0 Å². The fraction of sp³-hybridized carbons (Fsp3) is 0.417. The summed E-state index contributed by atoms with van der Waals surface area (Å²) in [5.74, 6) is 0. The third-order valence-corrected chi connectivity index (χ3v) is 3.30. The van der Waals surface area contributed by atoms with E-state index in [-0.39, 0.29) is 12.3 Å². The highest BCUT2D eigenvalue weighted by atomic mass is 16.5. The molecule has 1 fully saturated rings. The minimum atomic E-state index is -0.749. The van der Waals surface area contributed by atoms with Crippen molar-refractivity contribution >= 4 is 11.0 Å². The molecule has 3 N–H and O–H groups in total. The van der Waals surface area contributed by atoms with Crippen LogP contribution in [-0.2, 0) is 4.74 Å². The molecule has 1 aliphatic rings. The van der Waals surface area contributed by atoms with Gasteiger partial charge >= 0.3 is 5.69 Å². The van der Waals surface area contributed by atoms with Crippen LogP contribution in [0.25, 0.3) is 11.0 Å². The zero-order valence-electron chi connectivity index (χ0n) is 9.61. The molecule has 6 heteroatoms. The van der Waals surface area contributed by atoms with Gasteiger partial charge in [-0.05, 0) is 12.1 Å². The third-order valence-electron chi connectivity index (χ3n) is 3.30. The summed E-state index contributed by atoms with van der Waals surface area (Å²) >= 11 is 0. The van der Waals surface area contributed by atoms with Crippen molar-refractivity contribution in [2.75, 3.05) is 6.61 Å². The zero-order valence-corrected chi connectivity index (χ0v) is 9.61. The van der Waals surface area contributed by atoms with Crippen molar-refractivity contribution in [3.63, 3.8) is 0 Å². The van der Waals surface area contributed by atoms with Crippen molar-refractivity contribution in [3.8, 4) is 0 Å². The number of nitrogens with one attached hydrogen (secondary N) is 1. The Morgan fingerprint density at radius 3 is 2.94 bits per heavy atom. The molecule has 1 aromatic carbocycles. The van der Waals surface area contributed by atoms with Gasteiger partial charge in [0.1, 0.15) is 12.3 Å². The van der Waals surface area contributed by atoms with Crippen molar-refractivity contribution in [2.24, 2.45) is 0 Å². The second-order valence-corrected chi connectivity index (χ2v) is 4.43. The molecule has 1 unspecified atom stereocenters. The topological polar surface area (TPSA) is 87.5 Å². The number of hydrogen-bond acceptors (Lipinski definition) is 4. The molecule has 3 atom stereocenters. The predicted molar refractivity (Wildman–Crippen MR) is 64.2 cm³/mol. The SMILES string of the molecule is O=c1[nH]c2ccccc2n1[C@H]1C[C@@H](O)C(CO)O1. The van der Waals surface area contributed by atoms with E-state index in [0.29, 0.717) is 6.42 Å². The number of fused-ring (bicyclic) bond motifs is 1. The van der Waals surface area contributed by atoms with Gasteiger partial charge in [-0.25, -0.2) is 4.79 Å². The summed E-state index contributed by atoms with van der Waals surface area (Å²) in [7, 11) is 0. The molecule has 18 heavy (non-hydrogen) atoms. The number of aliphatic hydroxyl groups is 2. The molecule has 6 nitrogen and oxygen atoms in total. The van der Waals surface area contributed by atoms with E-state index in [1.54, 1.807) is 0 Å². The Morgan fingerprint density at radius 1 is 1.44 bits per heavy atom. The molecule has 1 saturated heterocycles. The van der Waals surface area contributed by atoms with E-state index in [1.807, 2.05) is 24.3 Å². The average molecular weight is 250 g/mol. The Labute approximate surface area is 102 Å².